The molecule has 0 unspecified atom stereocenters. The number of ether oxygens (including phenoxy) is 1. The number of esters is 1. The Labute approximate surface area is 99.5 Å². The van der Waals surface area contributed by atoms with E-state index < -0.39 is 5.54 Å². The highest BCUT2D eigenvalue weighted by molar-refractivity contribution is 6.30. The number of benzene rings is 1. The molecule has 4 heteroatoms. The summed E-state index contributed by atoms with van der Waals surface area (Å²) in [5.74, 6) is -0.331. The Kier molecular flexibility index (Phi) is 2.91. The van der Waals surface area contributed by atoms with Crippen LogP contribution in [0.3, 0.4) is 0 Å². The minimum Gasteiger partial charge on any atom is -0.465 e. The number of carbonyl (C=O) groups is 1. The fourth-order valence-corrected chi connectivity index (χ4v) is 2.29. The molecule has 0 amide bonds. The number of hydrogen-bond acceptors (Lipinski definition) is 3. The first-order chi connectivity index (χ1) is 7.55. The van der Waals surface area contributed by atoms with E-state index in [1.54, 1.807) is 6.92 Å². The third-order valence-electron chi connectivity index (χ3n) is 2.86. The van der Waals surface area contributed by atoms with E-state index in [-0.39, 0.29) is 5.97 Å². The summed E-state index contributed by atoms with van der Waals surface area (Å²) in [6.45, 7) is 2.13. The Morgan fingerprint density at radius 1 is 1.50 bits per heavy atom. The molecule has 2 rings (SSSR count). The molecule has 16 heavy (non-hydrogen) atoms. The van der Waals surface area contributed by atoms with E-state index in [4.69, 9.17) is 22.1 Å². The van der Waals surface area contributed by atoms with Gasteiger partial charge in [-0.05, 0) is 30.2 Å². The molecule has 1 aliphatic rings. The summed E-state index contributed by atoms with van der Waals surface area (Å²) in [5.41, 5.74) is 7.29. The van der Waals surface area contributed by atoms with Crippen LogP contribution in [0.1, 0.15) is 18.1 Å². The van der Waals surface area contributed by atoms with E-state index in [1.807, 2.05) is 18.2 Å². The zero-order valence-corrected chi connectivity index (χ0v) is 9.88. The molecule has 0 saturated heterocycles. The first-order valence-corrected chi connectivity index (χ1v) is 5.66. The van der Waals surface area contributed by atoms with Crippen molar-refractivity contribution < 1.29 is 9.53 Å². The molecule has 0 heterocycles. The summed E-state index contributed by atoms with van der Waals surface area (Å²) >= 11 is 5.90. The van der Waals surface area contributed by atoms with Crippen molar-refractivity contribution in [1.82, 2.24) is 0 Å². The van der Waals surface area contributed by atoms with Gasteiger partial charge in [0, 0.05) is 17.9 Å². The molecule has 0 saturated carbocycles. The molecular weight excluding hydrogens is 226 g/mol. The summed E-state index contributed by atoms with van der Waals surface area (Å²) in [6, 6.07) is 5.60. The van der Waals surface area contributed by atoms with Gasteiger partial charge in [0.05, 0.1) is 6.61 Å². The molecule has 0 fully saturated rings. The van der Waals surface area contributed by atoms with Crippen molar-refractivity contribution in [3.05, 3.63) is 34.3 Å². The lowest BCUT2D eigenvalue weighted by molar-refractivity contribution is -0.149. The standard InChI is InChI=1S/C12H14ClNO2/c1-2-16-11(15)12(14)6-8-3-4-10(13)5-9(8)7-12/h3-5H,2,6-7,14H2,1H3/t12-/m0/s1. The van der Waals surface area contributed by atoms with Crippen LogP contribution in [0.15, 0.2) is 18.2 Å². The molecule has 86 valence electrons. The Morgan fingerprint density at radius 2 is 2.19 bits per heavy atom. The maximum absolute atomic E-state index is 11.7. The molecule has 0 aromatic heterocycles. The lowest BCUT2D eigenvalue weighted by Gasteiger charge is -2.20. The molecule has 1 atom stereocenters. The molecule has 1 aromatic carbocycles. The third-order valence-corrected chi connectivity index (χ3v) is 3.10. The lowest BCUT2D eigenvalue weighted by atomic mass is 9.98. The summed E-state index contributed by atoms with van der Waals surface area (Å²) < 4.78 is 4.99. The number of rotatable bonds is 2. The number of halogens is 1. The highest BCUT2D eigenvalue weighted by Gasteiger charge is 2.41. The lowest BCUT2D eigenvalue weighted by Crippen LogP contribution is -2.50. The smallest absolute Gasteiger partial charge is 0.326 e. The van der Waals surface area contributed by atoms with E-state index in [2.05, 4.69) is 0 Å². The number of nitrogens with two attached hydrogens (primary N) is 1. The van der Waals surface area contributed by atoms with Crippen LogP contribution in [-0.4, -0.2) is 18.1 Å². The molecule has 0 radical (unpaired) electrons. The van der Waals surface area contributed by atoms with Crippen LogP contribution in [0.25, 0.3) is 0 Å². The molecule has 3 nitrogen and oxygen atoms in total. The van der Waals surface area contributed by atoms with E-state index in [0.717, 1.165) is 11.1 Å². The third kappa shape index (κ3) is 1.93. The van der Waals surface area contributed by atoms with Crippen LogP contribution in [0.4, 0.5) is 0 Å². The van der Waals surface area contributed by atoms with E-state index in [9.17, 15) is 4.79 Å². The summed E-state index contributed by atoms with van der Waals surface area (Å²) in [5, 5.41) is 0.673. The molecule has 1 aliphatic carbocycles. The predicted octanol–water partition coefficient (Wildman–Crippen LogP) is 1.70. The molecule has 0 spiro atoms. The van der Waals surface area contributed by atoms with Crippen molar-refractivity contribution in [2.75, 3.05) is 6.61 Å². The van der Waals surface area contributed by atoms with Gasteiger partial charge in [-0.25, -0.2) is 0 Å². The van der Waals surface area contributed by atoms with Gasteiger partial charge in [-0.2, -0.15) is 0 Å². The highest BCUT2D eigenvalue weighted by Crippen LogP contribution is 2.31. The second-order valence-electron chi connectivity index (χ2n) is 4.14. The predicted molar refractivity (Wildman–Crippen MR) is 62.4 cm³/mol. The Hall–Kier alpha value is -1.06. The monoisotopic (exact) mass is 239 g/mol. The fraction of sp³-hybridized carbons (Fsp3) is 0.417. The van der Waals surface area contributed by atoms with E-state index >= 15 is 0 Å². The minimum atomic E-state index is -0.914. The Balaban J connectivity index is 2.24. The van der Waals surface area contributed by atoms with Crippen LogP contribution in [0.2, 0.25) is 5.02 Å². The summed E-state index contributed by atoms with van der Waals surface area (Å²) in [7, 11) is 0. The van der Waals surface area contributed by atoms with Gasteiger partial charge in [-0.3, -0.25) is 4.79 Å². The first kappa shape index (κ1) is 11.4. The van der Waals surface area contributed by atoms with Gasteiger partial charge in [0.15, 0.2) is 0 Å². The molecule has 0 aliphatic heterocycles. The van der Waals surface area contributed by atoms with Gasteiger partial charge >= 0.3 is 5.97 Å². The van der Waals surface area contributed by atoms with Crippen LogP contribution >= 0.6 is 11.6 Å². The Morgan fingerprint density at radius 3 is 2.88 bits per heavy atom. The van der Waals surface area contributed by atoms with E-state index in [1.165, 1.54) is 0 Å². The van der Waals surface area contributed by atoms with Gasteiger partial charge in [0.25, 0.3) is 0 Å². The number of fused-ring (bicyclic) bond motifs is 1. The summed E-state index contributed by atoms with van der Waals surface area (Å²) in [6.07, 6.45) is 1.03. The second kappa shape index (κ2) is 4.07. The second-order valence-corrected chi connectivity index (χ2v) is 4.58. The van der Waals surface area contributed by atoms with Crippen LogP contribution in [0.5, 0.6) is 0 Å². The first-order valence-electron chi connectivity index (χ1n) is 5.28. The van der Waals surface area contributed by atoms with Crippen molar-refractivity contribution in [1.29, 1.82) is 0 Å². The average molecular weight is 240 g/mol. The van der Waals surface area contributed by atoms with Crippen molar-refractivity contribution >= 4 is 17.6 Å². The van der Waals surface area contributed by atoms with Crippen molar-refractivity contribution in [2.45, 2.75) is 25.3 Å². The highest BCUT2D eigenvalue weighted by atomic mass is 35.5. The van der Waals surface area contributed by atoms with Crippen LogP contribution in [-0.2, 0) is 22.4 Å². The normalized spacial score (nSPS) is 22.9. The maximum atomic E-state index is 11.7. The van der Waals surface area contributed by atoms with Crippen LogP contribution in [0, 0.1) is 0 Å². The fourth-order valence-electron chi connectivity index (χ4n) is 2.09. The molecule has 0 bridgehead atoms. The molecule has 1 aromatic rings. The topological polar surface area (TPSA) is 52.3 Å². The average Bonchev–Trinajstić information content (AvgIpc) is 2.55. The van der Waals surface area contributed by atoms with Crippen molar-refractivity contribution in [3.8, 4) is 0 Å². The SMILES string of the molecule is CCOC(=O)[C@]1(N)Cc2ccc(Cl)cc2C1. The largest absolute Gasteiger partial charge is 0.465 e. The minimum absolute atomic E-state index is 0.331. The van der Waals surface area contributed by atoms with Gasteiger partial charge in [0.1, 0.15) is 5.54 Å². The van der Waals surface area contributed by atoms with Crippen molar-refractivity contribution in [3.63, 3.8) is 0 Å². The molecular formula is C12H14ClNO2. The zero-order valence-electron chi connectivity index (χ0n) is 9.13. The van der Waals surface area contributed by atoms with Gasteiger partial charge in [0.2, 0.25) is 0 Å². The molecule has 2 N–H and O–H groups in total. The Bertz CT molecular complexity index is 433. The number of carbonyl (C=O) groups excluding carboxylic acids is 1. The number of hydrogen-bond donors (Lipinski definition) is 1. The van der Waals surface area contributed by atoms with Gasteiger partial charge < -0.3 is 10.5 Å². The van der Waals surface area contributed by atoms with Crippen LogP contribution < -0.4 is 5.73 Å². The summed E-state index contributed by atoms with van der Waals surface area (Å²) in [4.78, 5) is 11.7. The quantitative estimate of drug-likeness (QED) is 0.800. The van der Waals surface area contributed by atoms with E-state index in [0.29, 0.717) is 24.5 Å². The van der Waals surface area contributed by atoms with Gasteiger partial charge in [-0.15, -0.1) is 0 Å². The van der Waals surface area contributed by atoms with Gasteiger partial charge in [-0.1, -0.05) is 17.7 Å². The van der Waals surface area contributed by atoms with Crippen molar-refractivity contribution in [2.24, 2.45) is 5.73 Å². The zero-order chi connectivity index (χ0) is 11.8. The maximum Gasteiger partial charge on any atom is 0.326 e.